The van der Waals surface area contributed by atoms with Crippen LogP contribution in [0.1, 0.15) is 39.9 Å². The van der Waals surface area contributed by atoms with Crippen LogP contribution in [0.5, 0.6) is 0 Å². The van der Waals surface area contributed by atoms with Crippen molar-refractivity contribution in [3.8, 4) is 0 Å². The zero-order valence-electron chi connectivity index (χ0n) is 14.7. The van der Waals surface area contributed by atoms with E-state index in [9.17, 15) is 17.6 Å². The van der Waals surface area contributed by atoms with E-state index in [1.165, 1.54) is 12.1 Å². The number of nitrogens with zero attached hydrogens (tertiary/aromatic N) is 1. The number of amides is 1. The zero-order valence-corrected chi connectivity index (χ0v) is 15.5. The Kier molecular flexibility index (Phi) is 4.86. The molecule has 0 spiro atoms. The molecule has 1 fully saturated rings. The second kappa shape index (κ2) is 6.81. The minimum Gasteiger partial charge on any atom is -0.331 e. The number of nitrogens with two attached hydrogens (primary N) is 1. The molecule has 1 saturated carbocycles. The van der Waals surface area contributed by atoms with Crippen LogP contribution in [0.15, 0.2) is 41.3 Å². The Balaban J connectivity index is 1.98. The Labute approximate surface area is 152 Å². The Hall–Kier alpha value is -2.25. The van der Waals surface area contributed by atoms with Crippen molar-refractivity contribution in [2.75, 3.05) is 0 Å². The van der Waals surface area contributed by atoms with Crippen LogP contribution in [-0.4, -0.2) is 25.3 Å². The first-order valence-corrected chi connectivity index (χ1v) is 9.91. The van der Waals surface area contributed by atoms with Gasteiger partial charge in [-0.25, -0.2) is 17.9 Å². The smallest absolute Gasteiger partial charge is 0.254 e. The SMILES string of the molecule is Cc1cc(C(=O)N(Cc2ccccc2F)C2CC2)cc(S(N)(=O)=O)c1C. The molecular weight excluding hydrogens is 355 g/mol. The molecule has 0 atom stereocenters. The first kappa shape index (κ1) is 18.5. The van der Waals surface area contributed by atoms with E-state index >= 15 is 0 Å². The summed E-state index contributed by atoms with van der Waals surface area (Å²) in [7, 11) is -3.94. The van der Waals surface area contributed by atoms with Gasteiger partial charge in [0.05, 0.1) is 4.90 Å². The van der Waals surface area contributed by atoms with Gasteiger partial charge in [0.25, 0.3) is 5.91 Å². The number of primary sulfonamides is 1. The molecule has 2 aromatic carbocycles. The molecule has 0 radical (unpaired) electrons. The normalized spacial score (nSPS) is 14.3. The molecule has 2 N–H and O–H groups in total. The number of benzene rings is 2. The van der Waals surface area contributed by atoms with E-state index < -0.39 is 10.0 Å². The van der Waals surface area contributed by atoms with E-state index in [-0.39, 0.29) is 34.8 Å². The number of carbonyl (C=O) groups excluding carboxylic acids is 1. The first-order chi connectivity index (χ1) is 12.2. The van der Waals surface area contributed by atoms with Gasteiger partial charge in [0.15, 0.2) is 0 Å². The summed E-state index contributed by atoms with van der Waals surface area (Å²) in [6.45, 7) is 3.54. The Morgan fingerprint density at radius 3 is 2.46 bits per heavy atom. The van der Waals surface area contributed by atoms with Gasteiger partial charge in [-0.3, -0.25) is 4.79 Å². The minimum absolute atomic E-state index is 0.0432. The second-order valence-electron chi connectivity index (χ2n) is 6.72. The van der Waals surface area contributed by atoms with Gasteiger partial charge in [0, 0.05) is 23.7 Å². The largest absolute Gasteiger partial charge is 0.331 e. The molecule has 5 nitrogen and oxygen atoms in total. The van der Waals surface area contributed by atoms with Crippen LogP contribution in [0.3, 0.4) is 0 Å². The third kappa shape index (κ3) is 3.78. The molecule has 138 valence electrons. The molecule has 0 bridgehead atoms. The fraction of sp³-hybridized carbons (Fsp3) is 0.316. The Morgan fingerprint density at radius 2 is 1.88 bits per heavy atom. The molecule has 0 saturated heterocycles. The lowest BCUT2D eigenvalue weighted by atomic mass is 10.0. The molecule has 2 aromatic rings. The number of halogens is 1. The van der Waals surface area contributed by atoms with E-state index in [0.717, 1.165) is 12.8 Å². The lowest BCUT2D eigenvalue weighted by molar-refractivity contribution is 0.0728. The van der Waals surface area contributed by atoms with Crippen molar-refractivity contribution in [1.82, 2.24) is 4.90 Å². The van der Waals surface area contributed by atoms with Crippen LogP contribution >= 0.6 is 0 Å². The van der Waals surface area contributed by atoms with Crippen LogP contribution < -0.4 is 5.14 Å². The van der Waals surface area contributed by atoms with Crippen LogP contribution in [0.25, 0.3) is 0 Å². The van der Waals surface area contributed by atoms with Gasteiger partial charge in [-0.05, 0) is 56.0 Å². The number of hydrogen-bond donors (Lipinski definition) is 1. The Bertz CT molecular complexity index is 969. The number of rotatable bonds is 5. The topological polar surface area (TPSA) is 80.5 Å². The van der Waals surface area contributed by atoms with Gasteiger partial charge in [-0.1, -0.05) is 18.2 Å². The summed E-state index contributed by atoms with van der Waals surface area (Å²) in [5, 5.41) is 5.28. The van der Waals surface area contributed by atoms with E-state index in [1.807, 2.05) is 0 Å². The summed E-state index contributed by atoms with van der Waals surface area (Å²) in [5.74, 6) is -0.681. The highest BCUT2D eigenvalue weighted by molar-refractivity contribution is 7.89. The van der Waals surface area contributed by atoms with Crippen molar-refractivity contribution < 1.29 is 17.6 Å². The van der Waals surface area contributed by atoms with Crippen molar-refractivity contribution >= 4 is 15.9 Å². The van der Waals surface area contributed by atoms with Crippen molar-refractivity contribution in [1.29, 1.82) is 0 Å². The minimum atomic E-state index is -3.94. The monoisotopic (exact) mass is 376 g/mol. The summed E-state index contributed by atoms with van der Waals surface area (Å²) in [6, 6.07) is 9.35. The zero-order chi connectivity index (χ0) is 19.1. The maximum atomic E-state index is 14.0. The summed E-state index contributed by atoms with van der Waals surface area (Å²) < 4.78 is 37.7. The molecule has 1 aliphatic rings. The van der Waals surface area contributed by atoms with Crippen LogP contribution in [0.2, 0.25) is 0 Å². The molecule has 0 heterocycles. The maximum absolute atomic E-state index is 14.0. The standard InChI is InChI=1S/C19H21FN2O3S/c1-12-9-15(10-18(13(12)2)26(21,24)25)19(23)22(16-7-8-16)11-14-5-3-4-6-17(14)20/h3-6,9-10,16H,7-8,11H2,1-2H3,(H2,21,24,25). The fourth-order valence-electron chi connectivity index (χ4n) is 2.97. The van der Waals surface area contributed by atoms with Gasteiger partial charge in [-0.15, -0.1) is 0 Å². The predicted octanol–water partition coefficient (Wildman–Crippen LogP) is 2.89. The van der Waals surface area contributed by atoms with Crippen molar-refractivity contribution in [2.24, 2.45) is 5.14 Å². The molecule has 26 heavy (non-hydrogen) atoms. The summed E-state index contributed by atoms with van der Waals surface area (Å²) in [6.07, 6.45) is 1.71. The van der Waals surface area contributed by atoms with Crippen LogP contribution in [0, 0.1) is 19.7 Å². The quantitative estimate of drug-likeness (QED) is 0.871. The van der Waals surface area contributed by atoms with E-state index in [1.54, 1.807) is 43.0 Å². The molecule has 0 aromatic heterocycles. The molecule has 7 heteroatoms. The molecule has 0 unspecified atom stereocenters. The van der Waals surface area contributed by atoms with Gasteiger partial charge in [-0.2, -0.15) is 0 Å². The van der Waals surface area contributed by atoms with Gasteiger partial charge >= 0.3 is 0 Å². The average Bonchev–Trinajstić information content (AvgIpc) is 3.39. The predicted molar refractivity (Wildman–Crippen MR) is 96.6 cm³/mol. The molecular formula is C19H21FN2O3S. The van der Waals surface area contributed by atoms with Crippen LogP contribution in [-0.2, 0) is 16.6 Å². The molecule has 1 aliphatic carbocycles. The fourth-order valence-corrected chi connectivity index (χ4v) is 3.85. The average molecular weight is 376 g/mol. The third-order valence-corrected chi connectivity index (χ3v) is 5.76. The highest BCUT2D eigenvalue weighted by Gasteiger charge is 2.34. The van der Waals surface area contributed by atoms with E-state index in [4.69, 9.17) is 5.14 Å². The van der Waals surface area contributed by atoms with Crippen molar-refractivity contribution in [2.45, 2.75) is 44.2 Å². The maximum Gasteiger partial charge on any atom is 0.254 e. The highest BCUT2D eigenvalue weighted by Crippen LogP contribution is 2.31. The van der Waals surface area contributed by atoms with Gasteiger partial charge < -0.3 is 4.90 Å². The lowest BCUT2D eigenvalue weighted by Crippen LogP contribution is -2.33. The lowest BCUT2D eigenvalue weighted by Gasteiger charge is -2.24. The van der Waals surface area contributed by atoms with E-state index in [0.29, 0.717) is 16.7 Å². The summed E-state index contributed by atoms with van der Waals surface area (Å²) in [5.41, 5.74) is 1.88. The van der Waals surface area contributed by atoms with Crippen molar-refractivity contribution in [3.63, 3.8) is 0 Å². The van der Waals surface area contributed by atoms with Crippen LogP contribution in [0.4, 0.5) is 4.39 Å². The van der Waals surface area contributed by atoms with Gasteiger partial charge in [0.1, 0.15) is 5.82 Å². The summed E-state index contributed by atoms with van der Waals surface area (Å²) >= 11 is 0. The number of sulfonamides is 1. The van der Waals surface area contributed by atoms with Crippen molar-refractivity contribution in [3.05, 3.63) is 64.5 Å². The highest BCUT2D eigenvalue weighted by atomic mass is 32.2. The molecule has 1 amide bonds. The number of hydrogen-bond acceptors (Lipinski definition) is 3. The number of aryl methyl sites for hydroxylation is 1. The molecule has 3 rings (SSSR count). The summed E-state index contributed by atoms with van der Waals surface area (Å²) in [4.78, 5) is 14.6. The molecule has 0 aliphatic heterocycles. The Morgan fingerprint density at radius 1 is 1.23 bits per heavy atom. The van der Waals surface area contributed by atoms with E-state index in [2.05, 4.69) is 0 Å². The first-order valence-electron chi connectivity index (χ1n) is 8.37. The third-order valence-electron chi connectivity index (χ3n) is 4.72. The second-order valence-corrected chi connectivity index (χ2v) is 8.25. The number of carbonyl (C=O) groups is 1. The van der Waals surface area contributed by atoms with Gasteiger partial charge in [0.2, 0.25) is 10.0 Å².